The summed E-state index contributed by atoms with van der Waals surface area (Å²) in [7, 11) is -2.33. The lowest BCUT2D eigenvalue weighted by Gasteiger charge is -2.27. The van der Waals surface area contributed by atoms with Gasteiger partial charge in [0.1, 0.15) is 11.1 Å². The van der Waals surface area contributed by atoms with E-state index < -0.39 is 7.60 Å². The molecular formula is C13H16NO4P. The summed E-state index contributed by atoms with van der Waals surface area (Å²) in [6.07, 6.45) is 0. The van der Waals surface area contributed by atoms with E-state index in [0.29, 0.717) is 23.6 Å². The zero-order valence-corrected chi connectivity index (χ0v) is 12.0. The smallest absolute Gasteiger partial charge is 0.416 e. The Balaban J connectivity index is 2.63. The number of para-hydroxylation sites is 1. The molecule has 1 aromatic carbocycles. The molecule has 5 nitrogen and oxygen atoms in total. The third kappa shape index (κ3) is 2.31. The Morgan fingerprint density at radius 2 is 2.11 bits per heavy atom. The maximum Gasteiger partial charge on any atom is 0.416 e. The van der Waals surface area contributed by atoms with E-state index in [2.05, 4.69) is 5.32 Å². The van der Waals surface area contributed by atoms with Gasteiger partial charge in [-0.05, 0) is 26.0 Å². The number of nitrogens with one attached hydrogen (secondary N) is 1. The molecule has 1 aliphatic rings. The molecule has 0 saturated carbocycles. The zero-order chi connectivity index (χ0) is 14.0. The van der Waals surface area contributed by atoms with Gasteiger partial charge in [-0.3, -0.25) is 9.32 Å². The molecule has 0 bridgehead atoms. The summed E-state index contributed by atoms with van der Waals surface area (Å²) in [4.78, 5) is 12.5. The van der Waals surface area contributed by atoms with Crippen molar-refractivity contribution in [1.29, 1.82) is 0 Å². The summed E-state index contributed by atoms with van der Waals surface area (Å²) in [5.41, 5.74) is 0.922. The Labute approximate surface area is 112 Å². The molecule has 0 aromatic heterocycles. The van der Waals surface area contributed by atoms with E-state index in [0.717, 1.165) is 0 Å². The van der Waals surface area contributed by atoms with E-state index in [4.69, 9.17) is 9.05 Å². The topological polar surface area (TPSA) is 64.6 Å². The second kappa shape index (κ2) is 5.19. The molecule has 1 aromatic rings. The molecule has 1 heterocycles. The maximum atomic E-state index is 12.7. The third-order valence-electron chi connectivity index (χ3n) is 2.88. The molecule has 0 saturated heterocycles. The van der Waals surface area contributed by atoms with Crippen molar-refractivity contribution in [2.24, 2.45) is 0 Å². The van der Waals surface area contributed by atoms with Crippen molar-refractivity contribution in [2.45, 2.75) is 13.8 Å². The average Bonchev–Trinajstić information content (AvgIpc) is 2.39. The SMILES string of the molecule is CCN/C(C)=C1\C(=O)c2ccccc2OP1(=O)OC. The van der Waals surface area contributed by atoms with Gasteiger partial charge in [-0.15, -0.1) is 0 Å². The molecule has 0 spiro atoms. The van der Waals surface area contributed by atoms with Gasteiger partial charge in [-0.2, -0.15) is 0 Å². The Hall–Kier alpha value is -1.58. The molecule has 0 amide bonds. The van der Waals surface area contributed by atoms with Crippen LogP contribution in [0.2, 0.25) is 0 Å². The van der Waals surface area contributed by atoms with Gasteiger partial charge in [0.05, 0.1) is 5.56 Å². The zero-order valence-electron chi connectivity index (χ0n) is 11.1. The lowest BCUT2D eigenvalue weighted by Crippen LogP contribution is -2.22. The summed E-state index contributed by atoms with van der Waals surface area (Å²) in [6, 6.07) is 6.72. The van der Waals surface area contributed by atoms with Crippen LogP contribution in [0.1, 0.15) is 24.2 Å². The van der Waals surface area contributed by atoms with Crippen LogP contribution in [0.3, 0.4) is 0 Å². The Morgan fingerprint density at radius 3 is 2.74 bits per heavy atom. The van der Waals surface area contributed by atoms with Crippen LogP contribution in [0.25, 0.3) is 0 Å². The van der Waals surface area contributed by atoms with Gasteiger partial charge < -0.3 is 9.84 Å². The van der Waals surface area contributed by atoms with Gasteiger partial charge in [0, 0.05) is 19.4 Å². The van der Waals surface area contributed by atoms with Gasteiger partial charge in [0.2, 0.25) is 5.78 Å². The van der Waals surface area contributed by atoms with E-state index >= 15 is 0 Å². The largest absolute Gasteiger partial charge is 0.420 e. The van der Waals surface area contributed by atoms with E-state index in [9.17, 15) is 9.36 Å². The molecule has 1 aliphatic heterocycles. The van der Waals surface area contributed by atoms with Crippen LogP contribution in [0, 0.1) is 0 Å². The number of carbonyl (C=O) groups excluding carboxylic acids is 1. The van der Waals surface area contributed by atoms with Gasteiger partial charge in [-0.1, -0.05) is 12.1 Å². The van der Waals surface area contributed by atoms with Gasteiger partial charge in [-0.25, -0.2) is 4.57 Å². The molecule has 6 heteroatoms. The molecule has 19 heavy (non-hydrogen) atoms. The Morgan fingerprint density at radius 1 is 1.42 bits per heavy atom. The molecule has 0 aliphatic carbocycles. The van der Waals surface area contributed by atoms with E-state index in [1.54, 1.807) is 31.2 Å². The van der Waals surface area contributed by atoms with Crippen molar-refractivity contribution in [3.63, 3.8) is 0 Å². The highest BCUT2D eigenvalue weighted by Gasteiger charge is 2.43. The number of Topliss-reactive ketones (excluding diaryl/α,β-unsaturated/α-hetero) is 1. The number of benzene rings is 1. The minimum atomic E-state index is -3.61. The monoisotopic (exact) mass is 281 g/mol. The summed E-state index contributed by atoms with van der Waals surface area (Å²) < 4.78 is 23.1. The summed E-state index contributed by atoms with van der Waals surface area (Å²) in [5.74, 6) is -0.0174. The molecule has 1 unspecified atom stereocenters. The van der Waals surface area contributed by atoms with Gasteiger partial charge >= 0.3 is 7.60 Å². The number of carbonyl (C=O) groups is 1. The van der Waals surface area contributed by atoms with Crippen molar-refractivity contribution in [1.82, 2.24) is 5.32 Å². The Bertz CT molecular complexity index is 594. The van der Waals surface area contributed by atoms with Crippen molar-refractivity contribution in [3.8, 4) is 5.75 Å². The second-order valence-electron chi connectivity index (χ2n) is 4.10. The summed E-state index contributed by atoms with van der Waals surface area (Å²) in [6.45, 7) is 4.21. The fourth-order valence-corrected chi connectivity index (χ4v) is 3.64. The molecule has 102 valence electrons. The van der Waals surface area contributed by atoms with E-state index in [1.807, 2.05) is 6.92 Å². The van der Waals surface area contributed by atoms with Crippen molar-refractivity contribution >= 4 is 13.4 Å². The summed E-state index contributed by atoms with van der Waals surface area (Å²) in [5, 5.41) is 3.07. The maximum absolute atomic E-state index is 12.7. The first kappa shape index (κ1) is 13.8. The standard InChI is InChI=1S/C13H16NO4P/c1-4-14-9(2)13-12(15)10-7-5-6-8-11(10)18-19(13,16)17-3/h5-8,14H,4H2,1-3H3/b13-9+. The first-order valence-corrected chi connectivity index (χ1v) is 7.52. The van der Waals surface area contributed by atoms with Crippen LogP contribution in [-0.2, 0) is 9.09 Å². The highest BCUT2D eigenvalue weighted by Crippen LogP contribution is 2.60. The lowest BCUT2D eigenvalue weighted by molar-refractivity contribution is 0.102. The van der Waals surface area contributed by atoms with Crippen LogP contribution in [-0.4, -0.2) is 19.4 Å². The molecule has 0 fully saturated rings. The molecule has 1 atom stereocenters. The van der Waals surface area contributed by atoms with Crippen molar-refractivity contribution in [2.75, 3.05) is 13.7 Å². The van der Waals surface area contributed by atoms with Crippen LogP contribution in [0.15, 0.2) is 35.3 Å². The van der Waals surface area contributed by atoms with E-state index in [1.165, 1.54) is 7.11 Å². The number of fused-ring (bicyclic) bond motifs is 1. The normalized spacial score (nSPS) is 24.5. The fraction of sp³-hybridized carbons (Fsp3) is 0.308. The summed E-state index contributed by atoms with van der Waals surface area (Å²) >= 11 is 0. The fourth-order valence-electron chi connectivity index (χ4n) is 2.01. The number of hydrogen-bond donors (Lipinski definition) is 1. The van der Waals surface area contributed by atoms with Gasteiger partial charge in [0.15, 0.2) is 0 Å². The van der Waals surface area contributed by atoms with Crippen molar-refractivity contribution < 1.29 is 18.4 Å². The first-order valence-electron chi connectivity index (χ1n) is 5.98. The second-order valence-corrected chi connectivity index (χ2v) is 6.09. The minimum absolute atomic E-state index is 0.0792. The minimum Gasteiger partial charge on any atom is -0.420 e. The highest BCUT2D eigenvalue weighted by molar-refractivity contribution is 7.60. The number of allylic oxidation sites excluding steroid dienone is 2. The quantitative estimate of drug-likeness (QED) is 0.681. The molecule has 2 rings (SSSR count). The number of ketones is 1. The first-order chi connectivity index (χ1) is 9.03. The molecule has 1 N–H and O–H groups in total. The van der Waals surface area contributed by atoms with E-state index in [-0.39, 0.29) is 11.1 Å². The average molecular weight is 281 g/mol. The highest BCUT2D eigenvalue weighted by atomic mass is 31.2. The van der Waals surface area contributed by atoms with Crippen LogP contribution >= 0.6 is 7.60 Å². The number of rotatable bonds is 3. The van der Waals surface area contributed by atoms with Crippen molar-refractivity contribution in [3.05, 3.63) is 40.8 Å². The molecule has 0 radical (unpaired) electrons. The lowest BCUT2D eigenvalue weighted by atomic mass is 10.1. The van der Waals surface area contributed by atoms with Crippen LogP contribution in [0.4, 0.5) is 0 Å². The molecular weight excluding hydrogens is 265 g/mol. The van der Waals surface area contributed by atoms with Gasteiger partial charge in [0.25, 0.3) is 0 Å². The Kier molecular flexibility index (Phi) is 3.78. The predicted octanol–water partition coefficient (Wildman–Crippen LogP) is 2.94. The van der Waals surface area contributed by atoms with Crippen LogP contribution in [0.5, 0.6) is 5.75 Å². The predicted molar refractivity (Wildman–Crippen MR) is 72.4 cm³/mol. The number of hydrogen-bond acceptors (Lipinski definition) is 5. The van der Waals surface area contributed by atoms with Crippen LogP contribution < -0.4 is 9.84 Å². The third-order valence-corrected chi connectivity index (χ3v) is 4.88.